The van der Waals surface area contributed by atoms with Gasteiger partial charge >= 0.3 is 5.97 Å². The average Bonchev–Trinajstić information content (AvgIpc) is 3.05. The van der Waals surface area contributed by atoms with Crippen molar-refractivity contribution in [2.45, 2.75) is 32.8 Å². The second-order valence-corrected chi connectivity index (χ2v) is 6.16. The number of rotatable bonds is 2. The van der Waals surface area contributed by atoms with E-state index in [1.165, 1.54) is 12.5 Å². The van der Waals surface area contributed by atoms with Gasteiger partial charge in [-0.05, 0) is 19.4 Å². The molecule has 0 saturated heterocycles. The van der Waals surface area contributed by atoms with Crippen molar-refractivity contribution in [1.29, 1.82) is 0 Å². The van der Waals surface area contributed by atoms with E-state index in [-0.39, 0.29) is 35.6 Å². The second kappa shape index (κ2) is 3.92. The van der Waals surface area contributed by atoms with Crippen molar-refractivity contribution >= 4 is 11.8 Å². The lowest BCUT2D eigenvalue weighted by atomic mass is 9.81. The summed E-state index contributed by atoms with van der Waals surface area (Å²) in [5.41, 5.74) is 0.630. The lowest BCUT2D eigenvalue weighted by Crippen LogP contribution is -2.37. The van der Waals surface area contributed by atoms with Gasteiger partial charge < -0.3 is 4.74 Å². The van der Waals surface area contributed by atoms with Gasteiger partial charge in [-0.3, -0.25) is 9.59 Å². The fraction of sp³-hybridized carbons (Fsp3) is 0.500. The first-order chi connectivity index (χ1) is 8.94. The van der Waals surface area contributed by atoms with Crippen LogP contribution in [-0.4, -0.2) is 17.9 Å². The van der Waals surface area contributed by atoms with E-state index in [1.54, 1.807) is 0 Å². The van der Waals surface area contributed by atoms with Crippen LogP contribution in [-0.2, 0) is 14.3 Å². The Kier molecular flexibility index (Phi) is 2.56. The number of fused-ring (bicyclic) bond motifs is 1. The molecular formula is C16H18O3. The summed E-state index contributed by atoms with van der Waals surface area (Å²) in [7, 11) is 0. The van der Waals surface area contributed by atoms with Crippen molar-refractivity contribution in [2.24, 2.45) is 17.3 Å². The summed E-state index contributed by atoms with van der Waals surface area (Å²) in [6.45, 7) is 5.18. The van der Waals surface area contributed by atoms with Crippen LogP contribution >= 0.6 is 0 Å². The molecule has 19 heavy (non-hydrogen) atoms. The molecule has 0 amide bonds. The van der Waals surface area contributed by atoms with Gasteiger partial charge in [0.1, 0.15) is 11.9 Å². The highest BCUT2D eigenvalue weighted by Gasteiger charge is 2.71. The smallest absolute Gasteiger partial charge is 0.302 e. The predicted octanol–water partition coefficient (Wildman–Crippen LogP) is 2.56. The second-order valence-electron chi connectivity index (χ2n) is 6.16. The Hall–Kier alpha value is -1.64. The highest BCUT2D eigenvalue weighted by molar-refractivity contribution is 5.95. The van der Waals surface area contributed by atoms with Crippen LogP contribution in [0.15, 0.2) is 30.3 Å². The van der Waals surface area contributed by atoms with Crippen LogP contribution in [0.4, 0.5) is 0 Å². The Morgan fingerprint density at radius 1 is 1.16 bits per heavy atom. The maximum Gasteiger partial charge on any atom is 0.302 e. The van der Waals surface area contributed by atoms with Crippen LogP contribution in [0.1, 0.15) is 32.3 Å². The van der Waals surface area contributed by atoms with Gasteiger partial charge in [0, 0.05) is 24.7 Å². The van der Waals surface area contributed by atoms with E-state index in [4.69, 9.17) is 4.74 Å². The zero-order valence-electron chi connectivity index (χ0n) is 11.4. The van der Waals surface area contributed by atoms with Crippen molar-refractivity contribution in [3.8, 4) is 0 Å². The Morgan fingerprint density at radius 3 is 2.37 bits per heavy atom. The van der Waals surface area contributed by atoms with Gasteiger partial charge in [0.05, 0.1) is 5.41 Å². The van der Waals surface area contributed by atoms with Crippen molar-refractivity contribution < 1.29 is 14.3 Å². The van der Waals surface area contributed by atoms with Crippen LogP contribution in [0, 0.1) is 17.3 Å². The number of ether oxygens (including phenoxy) is 1. The van der Waals surface area contributed by atoms with Crippen LogP contribution < -0.4 is 0 Å². The molecule has 3 nitrogen and oxygen atoms in total. The lowest BCUT2D eigenvalue weighted by molar-refractivity contribution is -0.154. The number of hydrogen-bond acceptors (Lipinski definition) is 3. The molecule has 2 aliphatic rings. The minimum absolute atomic E-state index is 0.0294. The Morgan fingerprint density at radius 2 is 1.79 bits per heavy atom. The first-order valence-electron chi connectivity index (χ1n) is 6.71. The predicted molar refractivity (Wildman–Crippen MR) is 70.5 cm³/mol. The summed E-state index contributed by atoms with van der Waals surface area (Å²) in [5.74, 6) is 0.351. The molecule has 1 aromatic rings. The highest BCUT2D eigenvalue weighted by Crippen LogP contribution is 2.66. The fourth-order valence-electron chi connectivity index (χ4n) is 3.61. The van der Waals surface area contributed by atoms with Gasteiger partial charge in [-0.25, -0.2) is 0 Å². The highest BCUT2D eigenvalue weighted by atomic mass is 16.5. The molecule has 0 spiro atoms. The Bertz CT molecular complexity index is 532. The lowest BCUT2D eigenvalue weighted by Gasteiger charge is -2.29. The van der Waals surface area contributed by atoms with Gasteiger partial charge in [-0.2, -0.15) is 0 Å². The van der Waals surface area contributed by atoms with Crippen molar-refractivity contribution in [3.63, 3.8) is 0 Å². The first kappa shape index (κ1) is 12.4. The summed E-state index contributed by atoms with van der Waals surface area (Å²) in [6.07, 6.45) is -0.285. The Labute approximate surface area is 113 Å². The maximum absolute atomic E-state index is 12.5. The zero-order valence-corrected chi connectivity index (χ0v) is 11.4. The Balaban J connectivity index is 1.90. The van der Waals surface area contributed by atoms with Gasteiger partial charge in [-0.15, -0.1) is 0 Å². The molecule has 0 aromatic heterocycles. The van der Waals surface area contributed by atoms with E-state index in [9.17, 15) is 9.59 Å². The average molecular weight is 258 g/mol. The number of benzene rings is 1. The van der Waals surface area contributed by atoms with Gasteiger partial charge in [0.2, 0.25) is 0 Å². The zero-order chi connectivity index (χ0) is 13.8. The number of Topliss-reactive ketones (excluding diaryl/α,β-unsaturated/α-hetero) is 1. The van der Waals surface area contributed by atoms with Crippen molar-refractivity contribution in [2.75, 3.05) is 0 Å². The monoisotopic (exact) mass is 258 g/mol. The molecule has 100 valence electrons. The van der Waals surface area contributed by atoms with Crippen LogP contribution in [0.25, 0.3) is 0 Å². The third-order valence-corrected chi connectivity index (χ3v) is 4.55. The van der Waals surface area contributed by atoms with Crippen molar-refractivity contribution in [1.82, 2.24) is 0 Å². The molecule has 0 aliphatic heterocycles. The largest absolute Gasteiger partial charge is 0.461 e. The number of hydrogen-bond donors (Lipinski definition) is 0. The molecule has 0 heterocycles. The van der Waals surface area contributed by atoms with E-state index in [1.807, 2.05) is 44.2 Å². The standard InChI is InChI=1S/C16H18O3/c1-9(17)19-15-13-11(10-7-5-4-6-8-10)12(13)14(18)16(15,2)3/h4-8,11-13,15H,1-3H3/t11-,12-,13+,15-/m0/s1. The molecule has 0 bridgehead atoms. The van der Waals surface area contributed by atoms with Crippen LogP contribution in [0.3, 0.4) is 0 Å². The SMILES string of the molecule is CC(=O)O[C@H]1[C@H]2[C@@H](C(=O)C1(C)C)[C@@H]2c1ccccc1. The van der Waals surface area contributed by atoms with E-state index in [0.29, 0.717) is 0 Å². The first-order valence-corrected chi connectivity index (χ1v) is 6.71. The number of carbonyl (C=O) groups excluding carboxylic acids is 2. The van der Waals surface area contributed by atoms with Gasteiger partial charge in [0.15, 0.2) is 0 Å². The summed E-state index contributed by atoms with van der Waals surface area (Å²) in [4.78, 5) is 23.7. The number of esters is 1. The molecule has 3 rings (SSSR count). The molecule has 2 aliphatic carbocycles. The molecule has 0 N–H and O–H groups in total. The molecule has 2 saturated carbocycles. The minimum Gasteiger partial charge on any atom is -0.461 e. The maximum atomic E-state index is 12.5. The molecule has 0 radical (unpaired) electrons. The molecule has 3 heteroatoms. The number of carbonyl (C=O) groups is 2. The summed E-state index contributed by atoms with van der Waals surface area (Å²) in [6, 6.07) is 10.0. The molecule has 0 unspecified atom stereocenters. The van der Waals surface area contributed by atoms with Gasteiger partial charge in [-0.1, -0.05) is 30.3 Å². The van der Waals surface area contributed by atoms with Gasteiger partial charge in [0.25, 0.3) is 0 Å². The molecule has 4 atom stereocenters. The third-order valence-electron chi connectivity index (χ3n) is 4.55. The number of ketones is 1. The summed E-state index contributed by atoms with van der Waals surface area (Å²) in [5, 5.41) is 0. The summed E-state index contributed by atoms with van der Waals surface area (Å²) >= 11 is 0. The van der Waals surface area contributed by atoms with Crippen molar-refractivity contribution in [3.05, 3.63) is 35.9 Å². The third kappa shape index (κ3) is 1.71. The van der Waals surface area contributed by atoms with E-state index >= 15 is 0 Å². The van der Waals surface area contributed by atoms with E-state index in [0.717, 1.165) is 0 Å². The topological polar surface area (TPSA) is 43.4 Å². The molecule has 1 aromatic carbocycles. The fourth-order valence-corrected chi connectivity index (χ4v) is 3.61. The van der Waals surface area contributed by atoms with Crippen LogP contribution in [0.2, 0.25) is 0 Å². The normalized spacial score (nSPS) is 34.8. The minimum atomic E-state index is -0.549. The molecule has 2 fully saturated rings. The molecular weight excluding hydrogens is 240 g/mol. The van der Waals surface area contributed by atoms with Crippen LogP contribution in [0.5, 0.6) is 0 Å². The summed E-state index contributed by atoms with van der Waals surface area (Å²) < 4.78 is 5.44. The quantitative estimate of drug-likeness (QED) is 0.766. The van der Waals surface area contributed by atoms with E-state index in [2.05, 4.69) is 0 Å². The van der Waals surface area contributed by atoms with E-state index < -0.39 is 5.41 Å².